The second kappa shape index (κ2) is 11.4. The van der Waals surface area contributed by atoms with Gasteiger partial charge in [-0.15, -0.1) is 5.10 Å². The number of benzene rings is 1. The Balaban J connectivity index is 1.79. The van der Waals surface area contributed by atoms with Crippen molar-refractivity contribution in [2.24, 2.45) is 5.41 Å². The third-order valence-electron chi connectivity index (χ3n) is 7.39. The highest BCUT2D eigenvalue weighted by molar-refractivity contribution is 5.85. The van der Waals surface area contributed by atoms with Gasteiger partial charge in [-0.05, 0) is 45.2 Å². The van der Waals surface area contributed by atoms with E-state index < -0.39 is 17.8 Å². The minimum Gasteiger partial charge on any atom is -0.444 e. The van der Waals surface area contributed by atoms with Gasteiger partial charge < -0.3 is 25.0 Å². The quantitative estimate of drug-likeness (QED) is 0.444. The molecule has 1 fully saturated rings. The molecule has 0 spiro atoms. The monoisotopic (exact) mass is 561 g/mol. The summed E-state index contributed by atoms with van der Waals surface area (Å²) in [6, 6.07) is 12.1. The molecular formula is C30H39N7O4. The number of nitriles is 1. The van der Waals surface area contributed by atoms with Gasteiger partial charge in [0.1, 0.15) is 29.2 Å². The SMILES string of the molecule is CC(=O)N(C)CC(O)c1nc2c(C#N)c(C)c(-c3ccccc3)c(N3CC[C@@](C)(CNC(=O)OC(C)(C)C)C3)n2n1. The number of aliphatic hydroxyl groups is 1. The first-order valence-electron chi connectivity index (χ1n) is 13.7. The Morgan fingerprint density at radius 1 is 1.29 bits per heavy atom. The molecule has 0 bridgehead atoms. The number of aromatic nitrogens is 3. The molecule has 1 aliphatic heterocycles. The first kappa shape index (κ1) is 29.8. The predicted octanol–water partition coefficient (Wildman–Crippen LogP) is 3.83. The maximum absolute atomic E-state index is 12.4. The van der Waals surface area contributed by atoms with Gasteiger partial charge in [0.15, 0.2) is 11.5 Å². The van der Waals surface area contributed by atoms with Crippen molar-refractivity contribution in [2.45, 2.75) is 59.7 Å². The molecule has 1 unspecified atom stereocenters. The van der Waals surface area contributed by atoms with Crippen molar-refractivity contribution >= 4 is 23.5 Å². The molecule has 3 heterocycles. The number of pyridine rings is 1. The van der Waals surface area contributed by atoms with Crippen LogP contribution in [0.4, 0.5) is 10.6 Å². The van der Waals surface area contributed by atoms with E-state index in [2.05, 4.69) is 28.2 Å². The van der Waals surface area contributed by atoms with Crippen LogP contribution >= 0.6 is 0 Å². The number of hydrogen-bond acceptors (Lipinski definition) is 8. The van der Waals surface area contributed by atoms with Crippen molar-refractivity contribution in [3.05, 3.63) is 47.3 Å². The summed E-state index contributed by atoms with van der Waals surface area (Å²) in [5.41, 5.74) is 2.41. The Labute approximate surface area is 240 Å². The molecule has 0 radical (unpaired) electrons. The third kappa shape index (κ3) is 6.43. The smallest absolute Gasteiger partial charge is 0.407 e. The van der Waals surface area contributed by atoms with Gasteiger partial charge in [0.05, 0.1) is 6.54 Å². The summed E-state index contributed by atoms with van der Waals surface area (Å²) >= 11 is 0. The molecule has 4 rings (SSSR count). The zero-order valence-electron chi connectivity index (χ0n) is 24.9. The number of fused-ring (bicyclic) bond motifs is 1. The average molecular weight is 562 g/mol. The normalized spacial score (nSPS) is 17.8. The highest BCUT2D eigenvalue weighted by Crippen LogP contribution is 2.41. The van der Waals surface area contributed by atoms with E-state index in [4.69, 9.17) is 9.84 Å². The van der Waals surface area contributed by atoms with Crippen LogP contribution in [0.5, 0.6) is 0 Å². The Morgan fingerprint density at radius 2 is 1.98 bits per heavy atom. The Hall–Kier alpha value is -4.17. The molecule has 218 valence electrons. The number of rotatable bonds is 7. The summed E-state index contributed by atoms with van der Waals surface area (Å²) < 4.78 is 7.08. The van der Waals surface area contributed by atoms with Crippen LogP contribution in [0.1, 0.15) is 64.1 Å². The van der Waals surface area contributed by atoms with Crippen molar-refractivity contribution < 1.29 is 19.4 Å². The molecule has 1 saturated heterocycles. The Morgan fingerprint density at radius 3 is 2.59 bits per heavy atom. The standard InChI is InChI=1S/C30H39N7O4/c1-19-22(15-31)26-33-25(23(39)16-35(7)20(2)38)34-37(26)27(24(19)21-11-9-8-10-12-21)36-14-13-30(6,18-36)17-32-28(40)41-29(3,4)5/h8-12,23,39H,13-14,16-18H2,1-7H3,(H,32,40)/t23?,30-/m0/s1. The largest absolute Gasteiger partial charge is 0.444 e. The van der Waals surface area contributed by atoms with Crippen LogP contribution < -0.4 is 10.2 Å². The van der Waals surface area contributed by atoms with Gasteiger partial charge >= 0.3 is 6.09 Å². The molecule has 0 saturated carbocycles. The van der Waals surface area contributed by atoms with Crippen LogP contribution in [0.25, 0.3) is 16.8 Å². The summed E-state index contributed by atoms with van der Waals surface area (Å²) in [5, 5.41) is 28.7. The van der Waals surface area contributed by atoms with Crippen LogP contribution in [0.15, 0.2) is 30.3 Å². The van der Waals surface area contributed by atoms with E-state index in [-0.39, 0.29) is 23.7 Å². The number of alkyl carbamates (subject to hydrolysis) is 1. The fraction of sp³-hybridized carbons (Fsp3) is 0.500. The molecular weight excluding hydrogens is 522 g/mol. The second-order valence-electron chi connectivity index (χ2n) is 12.1. The zero-order chi connectivity index (χ0) is 30.1. The van der Waals surface area contributed by atoms with E-state index in [0.717, 1.165) is 28.9 Å². The van der Waals surface area contributed by atoms with E-state index in [1.54, 1.807) is 11.6 Å². The van der Waals surface area contributed by atoms with Crippen molar-refractivity contribution in [1.82, 2.24) is 24.8 Å². The molecule has 2 amide bonds. The lowest BCUT2D eigenvalue weighted by Gasteiger charge is -2.29. The minimum absolute atomic E-state index is 0.0199. The Kier molecular flexibility index (Phi) is 8.27. The van der Waals surface area contributed by atoms with Crippen molar-refractivity contribution in [2.75, 3.05) is 38.1 Å². The topological polar surface area (TPSA) is 136 Å². The van der Waals surface area contributed by atoms with Gasteiger partial charge in [0, 0.05) is 44.6 Å². The first-order chi connectivity index (χ1) is 19.2. The molecule has 41 heavy (non-hydrogen) atoms. The fourth-order valence-electron chi connectivity index (χ4n) is 5.14. The number of aliphatic hydroxyl groups excluding tert-OH is 1. The number of anilines is 1. The van der Waals surface area contributed by atoms with E-state index in [9.17, 15) is 20.0 Å². The van der Waals surface area contributed by atoms with Crippen LogP contribution in [-0.4, -0.2) is 75.4 Å². The molecule has 2 atom stereocenters. The van der Waals surface area contributed by atoms with Crippen molar-refractivity contribution in [3.63, 3.8) is 0 Å². The third-order valence-corrected chi connectivity index (χ3v) is 7.39. The van der Waals surface area contributed by atoms with Gasteiger partial charge in [-0.1, -0.05) is 37.3 Å². The van der Waals surface area contributed by atoms with E-state index >= 15 is 0 Å². The van der Waals surface area contributed by atoms with Crippen LogP contribution in [-0.2, 0) is 9.53 Å². The molecule has 3 aromatic rings. The summed E-state index contributed by atoms with van der Waals surface area (Å²) in [5.74, 6) is 0.702. The second-order valence-corrected chi connectivity index (χ2v) is 12.1. The summed E-state index contributed by atoms with van der Waals surface area (Å²) in [4.78, 5) is 32.3. The lowest BCUT2D eigenvalue weighted by atomic mass is 9.90. The lowest BCUT2D eigenvalue weighted by Crippen LogP contribution is -2.40. The maximum atomic E-state index is 12.4. The number of nitrogens with one attached hydrogen (secondary N) is 1. The van der Waals surface area contributed by atoms with E-state index in [0.29, 0.717) is 30.8 Å². The number of hydrogen-bond donors (Lipinski definition) is 2. The number of carbonyl (C=O) groups is 2. The van der Waals surface area contributed by atoms with Crippen LogP contribution in [0.3, 0.4) is 0 Å². The minimum atomic E-state index is -1.13. The van der Waals surface area contributed by atoms with Gasteiger partial charge in [0.25, 0.3) is 0 Å². The van der Waals surface area contributed by atoms with Crippen LogP contribution in [0, 0.1) is 23.7 Å². The van der Waals surface area contributed by atoms with Crippen LogP contribution in [0.2, 0.25) is 0 Å². The number of carbonyl (C=O) groups excluding carboxylic acids is 2. The summed E-state index contributed by atoms with van der Waals surface area (Å²) in [6.45, 7) is 12.7. The van der Waals surface area contributed by atoms with Gasteiger partial charge in [-0.2, -0.15) is 9.78 Å². The average Bonchev–Trinajstić information content (AvgIpc) is 3.51. The zero-order valence-corrected chi connectivity index (χ0v) is 24.9. The summed E-state index contributed by atoms with van der Waals surface area (Å²) in [6.07, 6.45) is -0.791. The Bertz CT molecular complexity index is 1490. The molecule has 1 aliphatic rings. The number of nitrogens with zero attached hydrogens (tertiary/aromatic N) is 6. The summed E-state index contributed by atoms with van der Waals surface area (Å²) in [7, 11) is 1.60. The molecule has 2 N–H and O–H groups in total. The lowest BCUT2D eigenvalue weighted by molar-refractivity contribution is -0.128. The highest BCUT2D eigenvalue weighted by Gasteiger charge is 2.38. The number of likely N-dealkylation sites (N-methyl/N-ethyl adjacent to an activating group) is 1. The molecule has 0 aliphatic carbocycles. The molecule has 11 heteroatoms. The van der Waals surface area contributed by atoms with Gasteiger partial charge in [-0.25, -0.2) is 9.78 Å². The predicted molar refractivity (Wildman–Crippen MR) is 155 cm³/mol. The highest BCUT2D eigenvalue weighted by atomic mass is 16.6. The van der Waals surface area contributed by atoms with E-state index in [1.807, 2.05) is 58.0 Å². The van der Waals surface area contributed by atoms with Crippen molar-refractivity contribution in [1.29, 1.82) is 5.26 Å². The molecule has 11 nitrogen and oxygen atoms in total. The molecule has 2 aromatic heterocycles. The first-order valence-corrected chi connectivity index (χ1v) is 13.7. The molecule has 1 aromatic carbocycles. The van der Waals surface area contributed by atoms with Crippen molar-refractivity contribution in [3.8, 4) is 17.2 Å². The maximum Gasteiger partial charge on any atom is 0.407 e. The van der Waals surface area contributed by atoms with E-state index in [1.165, 1.54) is 11.8 Å². The fourth-order valence-corrected chi connectivity index (χ4v) is 5.14. The van der Waals surface area contributed by atoms with Gasteiger partial charge in [0.2, 0.25) is 5.91 Å². The number of amides is 2. The number of ether oxygens (including phenoxy) is 1. The van der Waals surface area contributed by atoms with Gasteiger partial charge in [-0.3, -0.25) is 4.79 Å².